The molecule has 0 radical (unpaired) electrons. The number of nitrogens with zero attached hydrogens (tertiary/aromatic N) is 5. The predicted octanol–water partition coefficient (Wildman–Crippen LogP) is 5.82. The molecule has 2 fully saturated rings. The van der Waals surface area contributed by atoms with Crippen LogP contribution in [-0.4, -0.2) is 67.8 Å². The van der Waals surface area contributed by atoms with Gasteiger partial charge in [0.1, 0.15) is 5.65 Å². The summed E-state index contributed by atoms with van der Waals surface area (Å²) in [5.74, 6) is 0.0259. The molecule has 4 heterocycles. The Balaban J connectivity index is 0.00000156. The Morgan fingerprint density at radius 2 is 1.92 bits per heavy atom. The second kappa shape index (κ2) is 11.7. The molecule has 200 valence electrons. The van der Waals surface area contributed by atoms with Crippen LogP contribution < -0.4 is 0 Å². The van der Waals surface area contributed by atoms with Gasteiger partial charge in [0, 0.05) is 56.4 Å². The summed E-state index contributed by atoms with van der Waals surface area (Å²) in [4.78, 5) is 25.1. The highest BCUT2D eigenvalue weighted by Gasteiger charge is 2.33. The molecule has 6 nitrogen and oxygen atoms in total. The third kappa shape index (κ3) is 5.69. The third-order valence-corrected chi connectivity index (χ3v) is 8.02. The number of rotatable bonds is 5. The molecule has 2 atom stereocenters. The van der Waals surface area contributed by atoms with Crippen molar-refractivity contribution in [3.8, 4) is 0 Å². The van der Waals surface area contributed by atoms with Gasteiger partial charge in [-0.15, -0.1) is 0 Å². The van der Waals surface area contributed by atoms with E-state index in [0.29, 0.717) is 6.04 Å². The van der Waals surface area contributed by atoms with Crippen molar-refractivity contribution < 1.29 is 4.79 Å². The SMILES string of the molecule is CC.CCc1cc(/C(C)=C/C(=O)N2C=C(N3CCN(C4CCC4)[C@H](C)C3)C=CC2C)cn2cc(C)nc12. The largest absolute Gasteiger partial charge is 0.368 e. The van der Waals surface area contributed by atoms with Gasteiger partial charge < -0.3 is 14.2 Å². The van der Waals surface area contributed by atoms with Gasteiger partial charge in [-0.05, 0) is 75.8 Å². The smallest absolute Gasteiger partial charge is 0.251 e. The predicted molar refractivity (Wildman–Crippen MR) is 153 cm³/mol. The second-order valence-electron chi connectivity index (χ2n) is 10.6. The Labute approximate surface area is 223 Å². The second-order valence-corrected chi connectivity index (χ2v) is 10.6. The zero-order chi connectivity index (χ0) is 26.7. The lowest BCUT2D eigenvalue weighted by molar-refractivity contribution is -0.124. The number of pyridine rings is 1. The maximum atomic E-state index is 13.4. The number of hydrogen-bond donors (Lipinski definition) is 0. The Bertz CT molecular complexity index is 1200. The Morgan fingerprint density at radius 3 is 2.57 bits per heavy atom. The molecular formula is C31H45N5O. The van der Waals surface area contributed by atoms with Crippen LogP contribution in [0.25, 0.3) is 11.2 Å². The molecular weight excluding hydrogens is 458 g/mol. The number of allylic oxidation sites excluding steroid dienone is 2. The van der Waals surface area contributed by atoms with E-state index in [2.05, 4.69) is 70.6 Å². The topological polar surface area (TPSA) is 44.1 Å². The zero-order valence-electron chi connectivity index (χ0n) is 23.9. The van der Waals surface area contributed by atoms with E-state index >= 15 is 0 Å². The fourth-order valence-corrected chi connectivity index (χ4v) is 5.66. The number of aryl methyl sites for hydroxylation is 2. The molecule has 2 aromatic heterocycles. The van der Waals surface area contributed by atoms with E-state index in [0.717, 1.165) is 60.3 Å². The molecule has 3 aliphatic rings. The Hall–Kier alpha value is -2.86. The quantitative estimate of drug-likeness (QED) is 0.482. The Morgan fingerprint density at radius 1 is 1.16 bits per heavy atom. The van der Waals surface area contributed by atoms with Gasteiger partial charge >= 0.3 is 0 Å². The average molecular weight is 504 g/mol. The van der Waals surface area contributed by atoms with Crippen LogP contribution in [0.5, 0.6) is 0 Å². The molecule has 1 saturated heterocycles. The fraction of sp³-hybridized carbons (Fsp3) is 0.548. The van der Waals surface area contributed by atoms with E-state index in [1.54, 1.807) is 6.08 Å². The third-order valence-electron chi connectivity index (χ3n) is 8.02. The zero-order valence-corrected chi connectivity index (χ0v) is 23.9. The summed E-state index contributed by atoms with van der Waals surface area (Å²) in [6.45, 7) is 17.8. The first-order chi connectivity index (χ1) is 17.8. The molecule has 0 aromatic carbocycles. The minimum absolute atomic E-state index is 0.0259. The van der Waals surface area contributed by atoms with Crippen molar-refractivity contribution in [2.45, 2.75) is 92.3 Å². The summed E-state index contributed by atoms with van der Waals surface area (Å²) >= 11 is 0. The standard InChI is InChI=1S/C29H39N5O.C2H6/c1-6-24-15-25(18-32-16-21(3)30-29(24)32)20(2)14-28(35)34-19-27(11-10-22(34)4)31-12-13-33(23(5)17-31)26-8-7-9-26;1-2/h10-11,14-16,18-19,22-23,26H,6-9,12-13,17H2,1-5H3;1-2H3/b20-14+;/t22?,23-;/m1./s1. The van der Waals surface area contributed by atoms with Crippen LogP contribution in [0, 0.1) is 6.92 Å². The number of piperazine rings is 1. The monoisotopic (exact) mass is 503 g/mol. The van der Waals surface area contributed by atoms with Crippen molar-refractivity contribution in [2.75, 3.05) is 19.6 Å². The summed E-state index contributed by atoms with van der Waals surface area (Å²) < 4.78 is 2.08. The van der Waals surface area contributed by atoms with Crippen molar-refractivity contribution in [2.24, 2.45) is 0 Å². The first-order valence-electron chi connectivity index (χ1n) is 14.2. The maximum absolute atomic E-state index is 13.4. The lowest BCUT2D eigenvalue weighted by Crippen LogP contribution is -2.56. The molecule has 0 bridgehead atoms. The van der Waals surface area contributed by atoms with Crippen LogP contribution in [-0.2, 0) is 11.2 Å². The first-order valence-corrected chi connectivity index (χ1v) is 14.2. The summed E-state index contributed by atoms with van der Waals surface area (Å²) in [6, 6.07) is 3.54. The molecule has 1 saturated carbocycles. The van der Waals surface area contributed by atoms with E-state index in [4.69, 9.17) is 0 Å². The molecule has 1 aliphatic carbocycles. The van der Waals surface area contributed by atoms with Crippen LogP contribution in [0.2, 0.25) is 0 Å². The first kappa shape index (κ1) is 27.2. The lowest BCUT2D eigenvalue weighted by atomic mass is 9.89. The van der Waals surface area contributed by atoms with Gasteiger partial charge in [-0.3, -0.25) is 9.69 Å². The van der Waals surface area contributed by atoms with Gasteiger partial charge in [0.05, 0.1) is 17.4 Å². The number of hydrogen-bond acceptors (Lipinski definition) is 4. The molecule has 2 aliphatic heterocycles. The van der Waals surface area contributed by atoms with Crippen LogP contribution in [0.3, 0.4) is 0 Å². The maximum Gasteiger partial charge on any atom is 0.251 e. The molecule has 1 amide bonds. The summed E-state index contributed by atoms with van der Waals surface area (Å²) in [7, 11) is 0. The number of imidazole rings is 1. The summed E-state index contributed by atoms with van der Waals surface area (Å²) in [5, 5.41) is 0. The van der Waals surface area contributed by atoms with Gasteiger partial charge in [0.25, 0.3) is 5.91 Å². The number of carbonyl (C=O) groups is 1. The van der Waals surface area contributed by atoms with E-state index in [1.807, 2.05) is 38.8 Å². The lowest BCUT2D eigenvalue weighted by Gasteiger charge is -2.48. The number of carbonyl (C=O) groups excluding carboxylic acids is 1. The normalized spacial score (nSPS) is 23.0. The molecule has 0 spiro atoms. The van der Waals surface area contributed by atoms with E-state index in [9.17, 15) is 4.79 Å². The van der Waals surface area contributed by atoms with Crippen LogP contribution in [0.1, 0.15) is 77.6 Å². The van der Waals surface area contributed by atoms with Crippen LogP contribution >= 0.6 is 0 Å². The Kier molecular flexibility index (Phi) is 8.58. The molecule has 5 rings (SSSR count). The molecule has 6 heteroatoms. The van der Waals surface area contributed by atoms with Crippen LogP contribution in [0.15, 0.2) is 48.6 Å². The van der Waals surface area contributed by atoms with Crippen LogP contribution in [0.4, 0.5) is 0 Å². The van der Waals surface area contributed by atoms with Gasteiger partial charge in [0.2, 0.25) is 0 Å². The van der Waals surface area contributed by atoms with E-state index < -0.39 is 0 Å². The van der Waals surface area contributed by atoms with Gasteiger partial charge in [0.15, 0.2) is 0 Å². The highest BCUT2D eigenvalue weighted by molar-refractivity contribution is 5.96. The van der Waals surface area contributed by atoms with Crippen molar-refractivity contribution in [3.63, 3.8) is 0 Å². The van der Waals surface area contributed by atoms with Gasteiger partial charge in [-0.1, -0.05) is 33.3 Å². The summed E-state index contributed by atoms with van der Waals surface area (Å²) in [6.07, 6.45) is 17.3. The minimum Gasteiger partial charge on any atom is -0.368 e. The number of amides is 1. The highest BCUT2D eigenvalue weighted by Crippen LogP contribution is 2.30. The van der Waals surface area contributed by atoms with Gasteiger partial charge in [-0.25, -0.2) is 4.98 Å². The molecule has 2 aromatic rings. The minimum atomic E-state index is 0.0259. The number of aromatic nitrogens is 2. The molecule has 37 heavy (non-hydrogen) atoms. The fourth-order valence-electron chi connectivity index (χ4n) is 5.66. The highest BCUT2D eigenvalue weighted by atomic mass is 16.2. The number of fused-ring (bicyclic) bond motifs is 1. The van der Waals surface area contributed by atoms with Crippen molar-refractivity contribution in [3.05, 3.63) is 65.4 Å². The van der Waals surface area contributed by atoms with Gasteiger partial charge in [-0.2, -0.15) is 0 Å². The molecule has 0 N–H and O–H groups in total. The van der Waals surface area contributed by atoms with Crippen molar-refractivity contribution >= 4 is 17.1 Å². The average Bonchev–Trinajstić information content (AvgIpc) is 3.25. The summed E-state index contributed by atoms with van der Waals surface area (Å²) in [5.41, 5.74) is 6.38. The molecule has 1 unspecified atom stereocenters. The van der Waals surface area contributed by atoms with E-state index in [-0.39, 0.29) is 11.9 Å². The van der Waals surface area contributed by atoms with Crippen molar-refractivity contribution in [1.82, 2.24) is 24.1 Å². The van der Waals surface area contributed by atoms with Crippen molar-refractivity contribution in [1.29, 1.82) is 0 Å². The van der Waals surface area contributed by atoms with E-state index in [1.165, 1.54) is 24.8 Å².